The summed E-state index contributed by atoms with van der Waals surface area (Å²) in [5.41, 5.74) is 3.07. The van der Waals surface area contributed by atoms with E-state index in [0.29, 0.717) is 11.5 Å². The summed E-state index contributed by atoms with van der Waals surface area (Å²) in [6, 6.07) is 5.78. The van der Waals surface area contributed by atoms with Crippen molar-refractivity contribution in [2.24, 2.45) is 0 Å². The van der Waals surface area contributed by atoms with Gasteiger partial charge in [0.15, 0.2) is 0 Å². The molecule has 1 fully saturated rings. The van der Waals surface area contributed by atoms with Crippen LogP contribution < -0.4 is 4.90 Å². The second-order valence-electron chi connectivity index (χ2n) is 5.79. The Kier molecular flexibility index (Phi) is 2.97. The minimum atomic E-state index is -0.323. The molecule has 22 heavy (non-hydrogen) atoms. The van der Waals surface area contributed by atoms with E-state index in [9.17, 15) is 4.79 Å². The lowest BCUT2D eigenvalue weighted by molar-refractivity contribution is 0.0601. The van der Waals surface area contributed by atoms with Gasteiger partial charge < -0.3 is 9.64 Å². The summed E-state index contributed by atoms with van der Waals surface area (Å²) < 4.78 is 5.67. The fourth-order valence-corrected chi connectivity index (χ4v) is 3.33. The third-order valence-corrected chi connectivity index (χ3v) is 4.85. The molecule has 0 radical (unpaired) electrons. The highest BCUT2D eigenvalue weighted by molar-refractivity contribution is 9.10. The van der Waals surface area contributed by atoms with Crippen molar-refractivity contribution in [1.29, 1.82) is 0 Å². The van der Waals surface area contributed by atoms with E-state index in [4.69, 9.17) is 4.74 Å². The van der Waals surface area contributed by atoms with Crippen molar-refractivity contribution >= 4 is 33.5 Å². The van der Waals surface area contributed by atoms with E-state index in [0.717, 1.165) is 16.7 Å². The van der Waals surface area contributed by atoms with Crippen molar-refractivity contribution in [3.05, 3.63) is 46.2 Å². The first kappa shape index (κ1) is 13.7. The molecule has 2 aliphatic rings. The maximum atomic E-state index is 11.8. The summed E-state index contributed by atoms with van der Waals surface area (Å²) in [4.78, 5) is 22.7. The molecule has 2 heterocycles. The van der Waals surface area contributed by atoms with Gasteiger partial charge in [-0.3, -0.25) is 0 Å². The molecule has 0 saturated heterocycles. The van der Waals surface area contributed by atoms with Crippen molar-refractivity contribution in [2.75, 3.05) is 18.6 Å². The van der Waals surface area contributed by atoms with Crippen molar-refractivity contribution in [3.8, 4) is 0 Å². The van der Waals surface area contributed by atoms with Gasteiger partial charge in [-0.1, -0.05) is 6.07 Å². The predicted molar refractivity (Wildman–Crippen MR) is 85.4 cm³/mol. The van der Waals surface area contributed by atoms with Gasteiger partial charge in [0.25, 0.3) is 0 Å². The van der Waals surface area contributed by atoms with Gasteiger partial charge in [-0.25, -0.2) is 14.8 Å². The number of methoxy groups -OCH3 is 1. The third kappa shape index (κ3) is 2.01. The fourth-order valence-electron chi connectivity index (χ4n) is 3.12. The fraction of sp³-hybridized carbons (Fsp3) is 0.312. The molecule has 4 rings (SSSR count). The van der Waals surface area contributed by atoms with Crippen LogP contribution >= 0.6 is 15.9 Å². The number of esters is 1. The number of aromatic nitrogens is 2. The van der Waals surface area contributed by atoms with E-state index in [2.05, 4.69) is 30.8 Å². The number of carbonyl (C=O) groups excluding carboxylic acids is 1. The number of halogens is 1. The molecule has 0 amide bonds. The molecule has 1 aromatic heterocycles. The van der Waals surface area contributed by atoms with Gasteiger partial charge in [0.2, 0.25) is 5.95 Å². The summed E-state index contributed by atoms with van der Waals surface area (Å²) in [5.74, 6) is 0.339. The molecule has 1 aromatic carbocycles. The number of ether oxygens (including phenoxy) is 1. The smallest absolute Gasteiger partial charge is 0.337 e. The lowest BCUT2D eigenvalue weighted by atomic mass is 9.97. The van der Waals surface area contributed by atoms with Crippen molar-refractivity contribution in [1.82, 2.24) is 9.97 Å². The van der Waals surface area contributed by atoms with Crippen molar-refractivity contribution in [2.45, 2.75) is 18.3 Å². The molecule has 0 bridgehead atoms. The monoisotopic (exact) mass is 359 g/mol. The maximum Gasteiger partial charge on any atom is 0.337 e. The Labute approximate surface area is 136 Å². The van der Waals surface area contributed by atoms with Crippen LogP contribution in [0.15, 0.2) is 35.1 Å². The lowest BCUT2D eigenvalue weighted by Crippen LogP contribution is -2.21. The van der Waals surface area contributed by atoms with Crippen molar-refractivity contribution in [3.63, 3.8) is 0 Å². The largest absolute Gasteiger partial charge is 0.465 e. The Hall–Kier alpha value is -1.95. The predicted octanol–water partition coefficient (Wildman–Crippen LogP) is 3.21. The minimum absolute atomic E-state index is 0.209. The minimum Gasteiger partial charge on any atom is -0.465 e. The Balaban J connectivity index is 1.81. The van der Waals surface area contributed by atoms with E-state index < -0.39 is 0 Å². The van der Waals surface area contributed by atoms with E-state index in [1.54, 1.807) is 12.4 Å². The highest BCUT2D eigenvalue weighted by Gasteiger charge is 2.52. The van der Waals surface area contributed by atoms with E-state index >= 15 is 0 Å². The molecule has 0 atom stereocenters. The van der Waals surface area contributed by atoms with Crippen LogP contribution in [0, 0.1) is 0 Å². The molecule has 0 N–H and O–H groups in total. The van der Waals surface area contributed by atoms with Crippen LogP contribution in [0.1, 0.15) is 28.8 Å². The number of nitrogens with zero attached hydrogens (tertiary/aromatic N) is 3. The second kappa shape index (κ2) is 4.78. The highest BCUT2D eigenvalue weighted by atomic mass is 79.9. The third-order valence-electron chi connectivity index (χ3n) is 4.44. The Morgan fingerprint density at radius 1 is 1.32 bits per heavy atom. The lowest BCUT2D eigenvalue weighted by Gasteiger charge is -2.17. The number of benzene rings is 1. The molecule has 1 spiro atoms. The summed E-state index contributed by atoms with van der Waals surface area (Å²) in [6.45, 7) is 0.870. The number of anilines is 2. The number of carbonyl (C=O) groups is 1. The normalized spacial score (nSPS) is 17.5. The number of fused-ring (bicyclic) bond motifs is 2. The van der Waals surface area contributed by atoms with Gasteiger partial charge >= 0.3 is 5.97 Å². The van der Waals surface area contributed by atoms with E-state index in [1.807, 2.05) is 18.2 Å². The highest BCUT2D eigenvalue weighted by Crippen LogP contribution is 2.57. The summed E-state index contributed by atoms with van der Waals surface area (Å²) >= 11 is 3.36. The van der Waals surface area contributed by atoms with Gasteiger partial charge in [0.1, 0.15) is 0 Å². The summed E-state index contributed by atoms with van der Waals surface area (Å²) in [6.07, 6.45) is 5.82. The first-order valence-electron chi connectivity index (χ1n) is 7.11. The van der Waals surface area contributed by atoms with Gasteiger partial charge in [-0.2, -0.15) is 0 Å². The number of hydrogen-bond donors (Lipinski definition) is 0. The van der Waals surface area contributed by atoms with E-state index in [-0.39, 0.29) is 11.4 Å². The van der Waals surface area contributed by atoms with Crippen LogP contribution in [-0.2, 0) is 10.2 Å². The average Bonchev–Trinajstić information content (AvgIpc) is 3.25. The zero-order valence-electron chi connectivity index (χ0n) is 12.0. The molecule has 1 aliphatic carbocycles. The van der Waals surface area contributed by atoms with E-state index in [1.165, 1.54) is 25.5 Å². The van der Waals surface area contributed by atoms with Crippen LogP contribution in [0.3, 0.4) is 0 Å². The first-order chi connectivity index (χ1) is 10.6. The number of hydrogen-bond acceptors (Lipinski definition) is 5. The van der Waals surface area contributed by atoms with Crippen LogP contribution in [0.5, 0.6) is 0 Å². The zero-order valence-corrected chi connectivity index (χ0v) is 13.6. The Bertz CT molecular complexity index is 756. The number of rotatable bonds is 2. The molecular weight excluding hydrogens is 346 g/mol. The van der Waals surface area contributed by atoms with Crippen molar-refractivity contribution < 1.29 is 9.53 Å². The molecule has 1 saturated carbocycles. The Morgan fingerprint density at radius 2 is 2.05 bits per heavy atom. The SMILES string of the molecule is COC(=O)c1ccc2c(c1)N(c1ncc(Br)cn1)CC21CC1. The van der Waals surface area contributed by atoms with Crippen LogP contribution in [0.2, 0.25) is 0 Å². The van der Waals surface area contributed by atoms with Gasteiger partial charge in [0.05, 0.1) is 17.1 Å². The van der Waals surface area contributed by atoms with Gasteiger partial charge in [-0.15, -0.1) is 0 Å². The van der Waals surface area contributed by atoms with Crippen LogP contribution in [-0.4, -0.2) is 29.6 Å². The maximum absolute atomic E-state index is 11.8. The summed E-state index contributed by atoms with van der Waals surface area (Å²) in [7, 11) is 1.40. The zero-order chi connectivity index (χ0) is 15.3. The van der Waals surface area contributed by atoms with Crippen LogP contribution in [0.25, 0.3) is 0 Å². The van der Waals surface area contributed by atoms with Gasteiger partial charge in [-0.05, 0) is 46.5 Å². The molecule has 0 unspecified atom stereocenters. The average molecular weight is 360 g/mol. The first-order valence-corrected chi connectivity index (χ1v) is 7.90. The second-order valence-corrected chi connectivity index (χ2v) is 6.71. The molecule has 1 aliphatic heterocycles. The Morgan fingerprint density at radius 3 is 2.68 bits per heavy atom. The van der Waals surface area contributed by atoms with Crippen LogP contribution in [0.4, 0.5) is 11.6 Å². The quantitative estimate of drug-likeness (QED) is 0.770. The van der Waals surface area contributed by atoms with Gasteiger partial charge in [0, 0.05) is 30.0 Å². The molecule has 6 heteroatoms. The molecule has 5 nitrogen and oxygen atoms in total. The molecular formula is C16H14BrN3O2. The summed E-state index contributed by atoms with van der Waals surface area (Å²) in [5, 5.41) is 0. The standard InChI is InChI=1S/C16H14BrN3O2/c1-22-14(21)10-2-3-12-13(6-10)20(9-16(12)4-5-16)15-18-7-11(17)8-19-15/h2-3,6-8H,4-5,9H2,1H3. The topological polar surface area (TPSA) is 55.3 Å². The molecule has 2 aromatic rings. The molecule has 112 valence electrons.